The monoisotopic (exact) mass is 258 g/mol. The van der Waals surface area contributed by atoms with E-state index in [1.807, 2.05) is 17.5 Å². The first-order chi connectivity index (χ1) is 7.24. The highest BCUT2D eigenvalue weighted by Crippen LogP contribution is 2.23. The molecule has 1 N–H and O–H groups in total. The van der Waals surface area contributed by atoms with Gasteiger partial charge >= 0.3 is 0 Å². The molecule has 1 atom stereocenters. The molecule has 0 aliphatic carbocycles. The lowest BCUT2D eigenvalue weighted by Gasteiger charge is -2.07. The summed E-state index contributed by atoms with van der Waals surface area (Å²) >= 11 is 9.02. The van der Waals surface area contributed by atoms with E-state index in [-0.39, 0.29) is 6.10 Å². The van der Waals surface area contributed by atoms with Crippen LogP contribution in [0.5, 0.6) is 0 Å². The zero-order chi connectivity index (χ0) is 10.7. The summed E-state index contributed by atoms with van der Waals surface area (Å²) in [7, 11) is 0. The lowest BCUT2D eigenvalue weighted by molar-refractivity contribution is 0.176. The van der Waals surface area contributed by atoms with Gasteiger partial charge < -0.3 is 5.11 Å². The second-order valence-corrected chi connectivity index (χ2v) is 5.98. The highest BCUT2D eigenvalue weighted by atomic mass is 35.5. The predicted octanol–water partition coefficient (Wildman–Crippen LogP) is 3.61. The number of halogens is 1. The Labute approximate surface area is 102 Å². The van der Waals surface area contributed by atoms with Crippen LogP contribution in [0, 0.1) is 0 Å². The van der Waals surface area contributed by atoms with Gasteiger partial charge in [-0.25, -0.2) is 0 Å². The Balaban J connectivity index is 1.90. The van der Waals surface area contributed by atoms with Crippen LogP contribution in [0.15, 0.2) is 29.0 Å². The Hall–Kier alpha value is -0.350. The zero-order valence-electron chi connectivity index (χ0n) is 8.02. The van der Waals surface area contributed by atoms with Gasteiger partial charge in [-0.05, 0) is 40.9 Å². The number of aliphatic hydroxyl groups excluding tert-OH is 1. The van der Waals surface area contributed by atoms with Crippen LogP contribution in [0.25, 0.3) is 0 Å². The van der Waals surface area contributed by atoms with Crippen molar-refractivity contribution in [3.63, 3.8) is 0 Å². The lowest BCUT2D eigenvalue weighted by Crippen LogP contribution is -2.12. The van der Waals surface area contributed by atoms with Crippen molar-refractivity contribution in [3.8, 4) is 0 Å². The molecular formula is C11H11ClOS2. The number of thiophene rings is 2. The second-order valence-electron chi connectivity index (χ2n) is 3.40. The van der Waals surface area contributed by atoms with E-state index in [9.17, 15) is 5.11 Å². The molecule has 0 bridgehead atoms. The highest BCUT2D eigenvalue weighted by molar-refractivity contribution is 7.16. The molecule has 0 spiro atoms. The number of aliphatic hydroxyl groups is 1. The Morgan fingerprint density at radius 2 is 2.13 bits per heavy atom. The smallest absolute Gasteiger partial charge is 0.0931 e. The van der Waals surface area contributed by atoms with Gasteiger partial charge in [0.1, 0.15) is 0 Å². The van der Waals surface area contributed by atoms with Gasteiger partial charge in [0, 0.05) is 11.3 Å². The minimum Gasteiger partial charge on any atom is -0.392 e. The fourth-order valence-corrected chi connectivity index (χ4v) is 3.29. The van der Waals surface area contributed by atoms with Gasteiger partial charge in [0.05, 0.1) is 10.4 Å². The maximum atomic E-state index is 9.85. The average molecular weight is 259 g/mol. The fourth-order valence-electron chi connectivity index (χ4n) is 1.45. The van der Waals surface area contributed by atoms with Crippen LogP contribution in [0.2, 0.25) is 4.34 Å². The number of hydrogen-bond donors (Lipinski definition) is 1. The van der Waals surface area contributed by atoms with Crippen LogP contribution in [0.1, 0.15) is 10.4 Å². The van der Waals surface area contributed by atoms with Gasteiger partial charge in [0.15, 0.2) is 0 Å². The molecule has 2 aromatic rings. The first-order valence-corrected chi connectivity index (χ1v) is 6.81. The first-order valence-electron chi connectivity index (χ1n) is 4.67. The zero-order valence-corrected chi connectivity index (χ0v) is 10.4. The van der Waals surface area contributed by atoms with Crippen molar-refractivity contribution in [2.24, 2.45) is 0 Å². The molecule has 80 valence electrons. The number of rotatable bonds is 4. The molecule has 0 saturated heterocycles. The summed E-state index contributed by atoms with van der Waals surface area (Å²) in [5, 5.41) is 14.0. The van der Waals surface area contributed by atoms with E-state index in [1.54, 1.807) is 11.3 Å². The van der Waals surface area contributed by atoms with Gasteiger partial charge in [0.2, 0.25) is 0 Å². The first kappa shape index (κ1) is 11.1. The fraction of sp³-hybridized carbons (Fsp3) is 0.273. The summed E-state index contributed by atoms with van der Waals surface area (Å²) in [4.78, 5) is 1.14. The van der Waals surface area contributed by atoms with Crippen LogP contribution in [0.4, 0.5) is 0 Å². The molecule has 0 fully saturated rings. The summed E-state index contributed by atoms with van der Waals surface area (Å²) in [6.45, 7) is 0. The summed E-state index contributed by atoms with van der Waals surface area (Å²) in [6.07, 6.45) is 1.10. The molecule has 1 nitrogen and oxygen atoms in total. The molecule has 0 aliphatic rings. The van der Waals surface area contributed by atoms with Gasteiger partial charge in [-0.2, -0.15) is 11.3 Å². The molecule has 0 amide bonds. The minimum absolute atomic E-state index is 0.311. The van der Waals surface area contributed by atoms with Crippen molar-refractivity contribution in [3.05, 3.63) is 43.7 Å². The minimum atomic E-state index is -0.311. The summed E-state index contributed by atoms with van der Waals surface area (Å²) < 4.78 is 0.785. The van der Waals surface area contributed by atoms with Crippen LogP contribution < -0.4 is 0 Å². The summed E-state index contributed by atoms with van der Waals surface area (Å²) in [5.41, 5.74) is 1.20. The lowest BCUT2D eigenvalue weighted by atomic mass is 10.1. The van der Waals surface area contributed by atoms with Crippen molar-refractivity contribution in [1.29, 1.82) is 0 Å². The van der Waals surface area contributed by atoms with Crippen LogP contribution in [-0.2, 0) is 12.8 Å². The van der Waals surface area contributed by atoms with E-state index in [0.29, 0.717) is 6.42 Å². The third-order valence-electron chi connectivity index (χ3n) is 2.12. The van der Waals surface area contributed by atoms with Crippen LogP contribution >= 0.6 is 34.3 Å². The largest absolute Gasteiger partial charge is 0.392 e. The van der Waals surface area contributed by atoms with Gasteiger partial charge in [-0.3, -0.25) is 0 Å². The molecule has 4 heteroatoms. The van der Waals surface area contributed by atoms with E-state index >= 15 is 0 Å². The molecule has 2 heterocycles. The van der Waals surface area contributed by atoms with Gasteiger partial charge in [-0.1, -0.05) is 11.6 Å². The van der Waals surface area contributed by atoms with Crippen molar-refractivity contribution in [1.82, 2.24) is 0 Å². The topological polar surface area (TPSA) is 20.2 Å². The molecule has 1 unspecified atom stereocenters. The summed E-state index contributed by atoms with van der Waals surface area (Å²) in [5.74, 6) is 0. The van der Waals surface area contributed by atoms with E-state index < -0.39 is 0 Å². The Kier molecular flexibility index (Phi) is 3.81. The van der Waals surface area contributed by atoms with Crippen molar-refractivity contribution in [2.45, 2.75) is 18.9 Å². The molecular weight excluding hydrogens is 248 g/mol. The maximum absolute atomic E-state index is 9.85. The molecule has 0 aliphatic heterocycles. The Morgan fingerprint density at radius 1 is 1.27 bits per heavy atom. The van der Waals surface area contributed by atoms with E-state index in [0.717, 1.165) is 15.6 Å². The SMILES string of the molecule is OC(Cc1ccsc1)Cc1ccc(Cl)s1. The Morgan fingerprint density at radius 3 is 2.73 bits per heavy atom. The number of hydrogen-bond acceptors (Lipinski definition) is 3. The Bertz CT molecular complexity index is 408. The normalized spacial score (nSPS) is 12.9. The molecule has 0 saturated carbocycles. The maximum Gasteiger partial charge on any atom is 0.0931 e. The van der Waals surface area contributed by atoms with Crippen LogP contribution in [-0.4, -0.2) is 11.2 Å². The molecule has 2 aromatic heterocycles. The highest BCUT2D eigenvalue weighted by Gasteiger charge is 2.08. The quantitative estimate of drug-likeness (QED) is 0.888. The molecule has 0 radical (unpaired) electrons. The van der Waals surface area contributed by atoms with Crippen molar-refractivity contribution < 1.29 is 5.11 Å². The predicted molar refractivity (Wildman–Crippen MR) is 67.1 cm³/mol. The van der Waals surface area contributed by atoms with Gasteiger partial charge in [0.25, 0.3) is 0 Å². The standard InChI is InChI=1S/C11H11ClOS2/c12-11-2-1-10(15-11)6-9(13)5-8-3-4-14-7-8/h1-4,7,9,13H,5-6H2. The second kappa shape index (κ2) is 5.12. The molecule has 2 rings (SSSR count). The van der Waals surface area contributed by atoms with E-state index in [1.165, 1.54) is 16.9 Å². The van der Waals surface area contributed by atoms with Crippen LogP contribution in [0.3, 0.4) is 0 Å². The molecule has 0 aromatic carbocycles. The van der Waals surface area contributed by atoms with Crippen molar-refractivity contribution in [2.75, 3.05) is 0 Å². The molecule has 15 heavy (non-hydrogen) atoms. The van der Waals surface area contributed by atoms with Crippen molar-refractivity contribution >= 4 is 34.3 Å². The van der Waals surface area contributed by atoms with E-state index in [4.69, 9.17) is 11.6 Å². The average Bonchev–Trinajstić information content (AvgIpc) is 2.77. The van der Waals surface area contributed by atoms with Gasteiger partial charge in [-0.15, -0.1) is 11.3 Å². The van der Waals surface area contributed by atoms with E-state index in [2.05, 4.69) is 11.4 Å². The summed E-state index contributed by atoms with van der Waals surface area (Å²) in [6, 6.07) is 5.90. The third-order valence-corrected chi connectivity index (χ3v) is 4.10. The third kappa shape index (κ3) is 3.31.